The molecule has 0 aromatic heterocycles. The summed E-state index contributed by atoms with van der Waals surface area (Å²) in [6, 6.07) is 17.1. The molecule has 30 heavy (non-hydrogen) atoms. The summed E-state index contributed by atoms with van der Waals surface area (Å²) < 4.78 is 0. The summed E-state index contributed by atoms with van der Waals surface area (Å²) in [4.78, 5) is 32.5. The number of halogens is 1. The van der Waals surface area contributed by atoms with Crippen molar-refractivity contribution in [1.82, 2.24) is 10.2 Å². The summed E-state index contributed by atoms with van der Waals surface area (Å²) in [5.74, 6) is -0.289. The molecule has 1 heterocycles. The van der Waals surface area contributed by atoms with Crippen molar-refractivity contribution in [3.63, 3.8) is 0 Å². The number of nitrogens with one attached hydrogen (secondary N) is 1. The monoisotopic (exact) mass is 423 g/mol. The summed E-state index contributed by atoms with van der Waals surface area (Å²) in [6.45, 7) is 0.557. The van der Waals surface area contributed by atoms with Gasteiger partial charge < -0.3 is 10.2 Å². The van der Waals surface area contributed by atoms with Gasteiger partial charge in [-0.2, -0.15) is 0 Å². The highest BCUT2D eigenvalue weighted by atomic mass is 35.5. The van der Waals surface area contributed by atoms with Gasteiger partial charge in [0.1, 0.15) is 17.9 Å². The van der Waals surface area contributed by atoms with E-state index in [1.807, 2.05) is 54.6 Å². The highest BCUT2D eigenvalue weighted by Gasteiger charge is 2.48. The lowest BCUT2D eigenvalue weighted by molar-refractivity contribution is -0.135. The number of rotatable bonds is 6. The van der Waals surface area contributed by atoms with E-state index in [1.165, 1.54) is 0 Å². The summed E-state index contributed by atoms with van der Waals surface area (Å²) in [5.41, 5.74) is 1.83. The first-order chi connectivity index (χ1) is 14.6. The van der Waals surface area contributed by atoms with Crippen LogP contribution in [0, 0.1) is 0 Å². The van der Waals surface area contributed by atoms with Crippen molar-refractivity contribution in [1.29, 1.82) is 0 Å². The first kappa shape index (κ1) is 20.6. The van der Waals surface area contributed by atoms with Gasteiger partial charge in [-0.1, -0.05) is 60.5 Å². The SMILES string of the molecule is O=C(CN1C(=O)C(c2ccccc2)=NC12CCCCC2)NCCc1ccc(Cl)cc1. The Morgan fingerprint density at radius 2 is 1.73 bits per heavy atom. The van der Waals surface area contributed by atoms with Crippen LogP contribution in [0.25, 0.3) is 0 Å². The molecule has 1 aliphatic heterocycles. The number of nitrogens with zero attached hydrogens (tertiary/aromatic N) is 2. The summed E-state index contributed by atoms with van der Waals surface area (Å²) in [5, 5.41) is 3.65. The zero-order valence-electron chi connectivity index (χ0n) is 16.9. The Hall–Kier alpha value is -2.66. The number of carbonyl (C=O) groups excluding carboxylic acids is 2. The van der Waals surface area contributed by atoms with E-state index >= 15 is 0 Å². The lowest BCUT2D eigenvalue weighted by atomic mass is 9.88. The largest absolute Gasteiger partial charge is 0.354 e. The van der Waals surface area contributed by atoms with Crippen molar-refractivity contribution < 1.29 is 9.59 Å². The van der Waals surface area contributed by atoms with E-state index in [1.54, 1.807) is 4.90 Å². The molecule has 1 spiro atoms. The van der Waals surface area contributed by atoms with Crippen molar-refractivity contribution in [2.45, 2.75) is 44.2 Å². The third kappa shape index (κ3) is 4.41. The number of amides is 2. The van der Waals surface area contributed by atoms with Gasteiger partial charge in [0.25, 0.3) is 5.91 Å². The van der Waals surface area contributed by atoms with E-state index in [0.717, 1.165) is 43.2 Å². The minimum Gasteiger partial charge on any atom is -0.354 e. The molecule has 1 saturated carbocycles. The first-order valence-electron chi connectivity index (χ1n) is 10.6. The Labute approximate surface area is 182 Å². The van der Waals surface area contributed by atoms with Gasteiger partial charge in [0.2, 0.25) is 5.91 Å². The number of hydrogen-bond donors (Lipinski definition) is 1. The normalized spacial score (nSPS) is 17.8. The Balaban J connectivity index is 1.43. The van der Waals surface area contributed by atoms with Gasteiger partial charge in [-0.05, 0) is 49.8 Å². The maximum atomic E-state index is 13.2. The van der Waals surface area contributed by atoms with Crippen LogP contribution < -0.4 is 5.32 Å². The molecule has 0 radical (unpaired) electrons. The standard InChI is InChI=1S/C24H26ClN3O2/c25-20-11-9-18(10-12-20)13-16-26-21(29)17-28-23(30)22(19-7-3-1-4-8-19)27-24(28)14-5-2-6-15-24/h1,3-4,7-12H,2,5-6,13-17H2,(H,26,29). The quantitative estimate of drug-likeness (QED) is 0.763. The van der Waals surface area contributed by atoms with Crippen LogP contribution in [-0.4, -0.2) is 41.2 Å². The summed E-state index contributed by atoms with van der Waals surface area (Å²) in [6.07, 6.45) is 5.53. The van der Waals surface area contributed by atoms with Crippen LogP contribution in [0.4, 0.5) is 0 Å². The summed E-state index contributed by atoms with van der Waals surface area (Å²) >= 11 is 5.91. The minimum atomic E-state index is -0.575. The van der Waals surface area contributed by atoms with Crippen molar-refractivity contribution in [3.8, 4) is 0 Å². The molecule has 0 bridgehead atoms. The zero-order valence-corrected chi connectivity index (χ0v) is 17.7. The molecular formula is C24H26ClN3O2. The molecule has 2 aliphatic rings. The molecule has 2 aromatic rings. The fraction of sp³-hybridized carbons (Fsp3) is 0.375. The van der Waals surface area contributed by atoms with Gasteiger partial charge in [-0.25, -0.2) is 0 Å². The second kappa shape index (κ2) is 9.00. The Morgan fingerprint density at radius 1 is 1.03 bits per heavy atom. The maximum Gasteiger partial charge on any atom is 0.275 e. The third-order valence-corrected chi connectivity index (χ3v) is 6.17. The lowest BCUT2D eigenvalue weighted by Gasteiger charge is -2.38. The molecular weight excluding hydrogens is 398 g/mol. The Morgan fingerprint density at radius 3 is 2.43 bits per heavy atom. The topological polar surface area (TPSA) is 61.8 Å². The molecule has 6 heteroatoms. The van der Waals surface area contributed by atoms with Gasteiger partial charge in [-0.15, -0.1) is 0 Å². The molecule has 4 rings (SSSR count). The van der Waals surface area contributed by atoms with E-state index in [9.17, 15) is 9.59 Å². The van der Waals surface area contributed by atoms with Crippen LogP contribution >= 0.6 is 11.6 Å². The van der Waals surface area contributed by atoms with Gasteiger partial charge in [-0.3, -0.25) is 14.6 Å². The fourth-order valence-corrected chi connectivity index (χ4v) is 4.46. The molecule has 156 valence electrons. The molecule has 0 unspecified atom stereocenters. The van der Waals surface area contributed by atoms with E-state index in [4.69, 9.17) is 16.6 Å². The smallest absolute Gasteiger partial charge is 0.275 e. The zero-order chi connectivity index (χ0) is 21.0. The molecule has 1 N–H and O–H groups in total. The highest BCUT2D eigenvalue weighted by molar-refractivity contribution is 6.47. The van der Waals surface area contributed by atoms with Gasteiger partial charge in [0.05, 0.1) is 0 Å². The second-order valence-electron chi connectivity index (χ2n) is 7.99. The average molecular weight is 424 g/mol. The number of benzene rings is 2. The van der Waals surface area contributed by atoms with E-state index < -0.39 is 5.66 Å². The van der Waals surface area contributed by atoms with Crippen LogP contribution in [0.15, 0.2) is 59.6 Å². The summed E-state index contributed by atoms with van der Waals surface area (Å²) in [7, 11) is 0. The maximum absolute atomic E-state index is 13.2. The average Bonchev–Trinajstić information content (AvgIpc) is 3.02. The van der Waals surface area contributed by atoms with Crippen LogP contribution in [0.3, 0.4) is 0 Å². The van der Waals surface area contributed by atoms with Crippen molar-refractivity contribution in [2.24, 2.45) is 4.99 Å². The highest BCUT2D eigenvalue weighted by Crippen LogP contribution is 2.39. The molecule has 2 amide bonds. The molecule has 0 atom stereocenters. The van der Waals surface area contributed by atoms with Crippen molar-refractivity contribution in [3.05, 3.63) is 70.7 Å². The number of aliphatic imine (C=N–C) groups is 1. The second-order valence-corrected chi connectivity index (χ2v) is 8.42. The lowest BCUT2D eigenvalue weighted by Crippen LogP contribution is -2.52. The van der Waals surface area contributed by atoms with E-state index in [0.29, 0.717) is 23.7 Å². The predicted octanol–water partition coefficient (Wildman–Crippen LogP) is 3.99. The number of carbonyl (C=O) groups is 2. The van der Waals surface area contributed by atoms with E-state index in [2.05, 4.69) is 5.32 Å². The predicted molar refractivity (Wildman–Crippen MR) is 119 cm³/mol. The van der Waals surface area contributed by atoms with Crippen LogP contribution in [0.1, 0.15) is 43.2 Å². The molecule has 2 aromatic carbocycles. The van der Waals surface area contributed by atoms with Crippen LogP contribution in [0.5, 0.6) is 0 Å². The molecule has 1 aliphatic carbocycles. The Kier molecular flexibility index (Phi) is 6.18. The van der Waals surface area contributed by atoms with Crippen LogP contribution in [0.2, 0.25) is 5.02 Å². The van der Waals surface area contributed by atoms with Gasteiger partial charge >= 0.3 is 0 Å². The first-order valence-corrected chi connectivity index (χ1v) is 10.9. The molecule has 1 fully saturated rings. The van der Waals surface area contributed by atoms with E-state index in [-0.39, 0.29) is 18.4 Å². The fourth-order valence-electron chi connectivity index (χ4n) is 4.33. The molecule has 0 saturated heterocycles. The third-order valence-electron chi connectivity index (χ3n) is 5.92. The Bertz CT molecular complexity index is 935. The van der Waals surface area contributed by atoms with Gasteiger partial charge in [0.15, 0.2) is 0 Å². The van der Waals surface area contributed by atoms with Crippen LogP contribution in [-0.2, 0) is 16.0 Å². The molecule has 5 nitrogen and oxygen atoms in total. The van der Waals surface area contributed by atoms with Gasteiger partial charge in [0, 0.05) is 17.1 Å². The van der Waals surface area contributed by atoms with Crippen molar-refractivity contribution >= 4 is 29.1 Å². The van der Waals surface area contributed by atoms with Crippen molar-refractivity contribution in [2.75, 3.05) is 13.1 Å². The number of hydrogen-bond acceptors (Lipinski definition) is 3. The minimum absolute atomic E-state index is 0.0410.